The van der Waals surface area contributed by atoms with E-state index in [0.29, 0.717) is 17.9 Å². The molecule has 0 spiro atoms. The molecule has 0 heterocycles. The van der Waals surface area contributed by atoms with Crippen molar-refractivity contribution in [3.05, 3.63) is 29.8 Å². The van der Waals surface area contributed by atoms with Gasteiger partial charge in [-0.3, -0.25) is 9.59 Å². The average molecular weight is 461 g/mol. The topological polar surface area (TPSA) is 52.6 Å². The van der Waals surface area contributed by atoms with Crippen molar-refractivity contribution in [2.45, 2.75) is 123 Å². The fourth-order valence-electron chi connectivity index (χ4n) is 4.09. The summed E-state index contributed by atoms with van der Waals surface area (Å²) in [6.45, 7) is 4.89. The van der Waals surface area contributed by atoms with Crippen LogP contribution in [0.3, 0.4) is 0 Å². The quantitative estimate of drug-likeness (QED) is 0.0753. The van der Waals surface area contributed by atoms with Crippen molar-refractivity contribution < 1.29 is 19.1 Å². The molecule has 0 aliphatic rings. The van der Waals surface area contributed by atoms with Gasteiger partial charge in [0.1, 0.15) is 12.2 Å². The van der Waals surface area contributed by atoms with Crippen LogP contribution in [0, 0.1) is 0 Å². The number of rotatable bonds is 22. The lowest BCUT2D eigenvalue weighted by Gasteiger charge is -2.10. The Kier molecular flexibility index (Phi) is 18.4. The maximum Gasteiger partial charge on any atom is 0.313 e. The van der Waals surface area contributed by atoms with Crippen LogP contribution in [0.25, 0.3) is 0 Å². The van der Waals surface area contributed by atoms with Crippen LogP contribution in [0.15, 0.2) is 24.3 Å². The number of Topliss-reactive ketones (excluding diaryl/α,β-unsaturated/α-hetero) is 1. The van der Waals surface area contributed by atoms with Crippen molar-refractivity contribution in [2.24, 2.45) is 0 Å². The van der Waals surface area contributed by atoms with Crippen molar-refractivity contribution >= 4 is 11.8 Å². The third-order valence-electron chi connectivity index (χ3n) is 6.05. The van der Waals surface area contributed by atoms with Gasteiger partial charge in [-0.1, -0.05) is 115 Å². The summed E-state index contributed by atoms with van der Waals surface area (Å²) >= 11 is 0. The molecule has 0 bridgehead atoms. The van der Waals surface area contributed by atoms with Gasteiger partial charge >= 0.3 is 5.97 Å². The highest BCUT2D eigenvalue weighted by atomic mass is 16.5. The second-order valence-corrected chi connectivity index (χ2v) is 9.05. The zero-order valence-corrected chi connectivity index (χ0v) is 21.4. The number of carbonyl (C=O) groups excluding carboxylic acids is 2. The summed E-state index contributed by atoms with van der Waals surface area (Å²) in [5, 5.41) is 0. The SMILES string of the molecule is CCCCCCCCCCCCCCCCCCOc1ccccc1C(=O)CC(=O)OCC. The van der Waals surface area contributed by atoms with Crippen LogP contribution in [0.5, 0.6) is 5.75 Å². The van der Waals surface area contributed by atoms with Gasteiger partial charge in [0.2, 0.25) is 0 Å². The number of ether oxygens (including phenoxy) is 2. The maximum absolute atomic E-state index is 12.4. The molecule has 0 aromatic heterocycles. The second-order valence-electron chi connectivity index (χ2n) is 9.05. The Hall–Kier alpha value is -1.84. The molecule has 0 aliphatic heterocycles. The van der Waals surface area contributed by atoms with E-state index in [2.05, 4.69) is 6.92 Å². The summed E-state index contributed by atoms with van der Waals surface area (Å²) in [6.07, 6.45) is 21.2. The third kappa shape index (κ3) is 15.6. The molecule has 0 saturated carbocycles. The summed E-state index contributed by atoms with van der Waals surface area (Å²) in [5.74, 6) is -0.182. The number of hydrogen-bond donors (Lipinski definition) is 0. The van der Waals surface area contributed by atoms with Crippen LogP contribution in [0.4, 0.5) is 0 Å². The first kappa shape index (κ1) is 29.2. The second kappa shape index (κ2) is 20.7. The number of unbranched alkanes of at least 4 members (excludes halogenated alkanes) is 15. The Balaban J connectivity index is 2.00. The smallest absolute Gasteiger partial charge is 0.313 e. The molecular formula is C29H48O4. The van der Waals surface area contributed by atoms with Crippen molar-refractivity contribution in [2.75, 3.05) is 13.2 Å². The molecule has 0 atom stereocenters. The molecular weight excluding hydrogens is 412 g/mol. The molecule has 4 nitrogen and oxygen atoms in total. The summed E-state index contributed by atoms with van der Waals surface area (Å²) in [5.41, 5.74) is 0.460. The Morgan fingerprint density at radius 3 is 1.67 bits per heavy atom. The number of para-hydroxylation sites is 1. The van der Waals surface area contributed by atoms with Gasteiger partial charge in [0.05, 0.1) is 18.8 Å². The standard InChI is InChI=1S/C29H48O4/c1-3-5-6-7-8-9-10-11-12-13-14-15-16-17-18-21-24-33-28-23-20-19-22-26(28)27(30)25-29(31)32-4-2/h19-20,22-23H,3-18,21,24-25H2,1-2H3. The van der Waals surface area contributed by atoms with Crippen LogP contribution >= 0.6 is 0 Å². The lowest BCUT2D eigenvalue weighted by Crippen LogP contribution is -2.12. The van der Waals surface area contributed by atoms with Gasteiger partial charge in [-0.2, -0.15) is 0 Å². The van der Waals surface area contributed by atoms with E-state index >= 15 is 0 Å². The molecule has 0 unspecified atom stereocenters. The van der Waals surface area contributed by atoms with E-state index in [1.807, 2.05) is 6.07 Å². The fraction of sp³-hybridized carbons (Fsp3) is 0.724. The number of hydrogen-bond acceptors (Lipinski definition) is 4. The predicted octanol–water partition coefficient (Wildman–Crippen LogP) is 8.46. The van der Waals surface area contributed by atoms with Gasteiger partial charge in [0.25, 0.3) is 0 Å². The van der Waals surface area contributed by atoms with Gasteiger partial charge in [-0.05, 0) is 25.5 Å². The highest BCUT2D eigenvalue weighted by molar-refractivity contribution is 6.07. The zero-order chi connectivity index (χ0) is 24.0. The van der Waals surface area contributed by atoms with Gasteiger partial charge in [0.15, 0.2) is 5.78 Å². The summed E-state index contributed by atoms with van der Waals surface area (Å²) in [4.78, 5) is 23.9. The van der Waals surface area contributed by atoms with Crippen LogP contribution in [-0.4, -0.2) is 25.0 Å². The lowest BCUT2D eigenvalue weighted by molar-refractivity contribution is -0.141. The number of ketones is 1. The Morgan fingerprint density at radius 1 is 0.667 bits per heavy atom. The van der Waals surface area contributed by atoms with Crippen LogP contribution < -0.4 is 4.74 Å². The minimum Gasteiger partial charge on any atom is -0.493 e. The molecule has 1 rings (SSSR count). The van der Waals surface area contributed by atoms with Gasteiger partial charge in [0, 0.05) is 0 Å². The highest BCUT2D eigenvalue weighted by Crippen LogP contribution is 2.21. The molecule has 0 radical (unpaired) electrons. The maximum atomic E-state index is 12.4. The molecule has 1 aromatic carbocycles. The summed E-state index contributed by atoms with van der Waals surface area (Å²) in [6, 6.07) is 7.15. The largest absolute Gasteiger partial charge is 0.493 e. The highest BCUT2D eigenvalue weighted by Gasteiger charge is 2.16. The lowest BCUT2D eigenvalue weighted by atomic mass is 10.0. The Labute approximate surface area is 202 Å². The van der Waals surface area contributed by atoms with E-state index in [0.717, 1.165) is 12.8 Å². The number of esters is 1. The zero-order valence-electron chi connectivity index (χ0n) is 21.4. The first-order valence-electron chi connectivity index (χ1n) is 13.6. The van der Waals surface area contributed by atoms with Crippen LogP contribution in [0.2, 0.25) is 0 Å². The summed E-state index contributed by atoms with van der Waals surface area (Å²) < 4.78 is 10.7. The minimum absolute atomic E-state index is 0.243. The Morgan fingerprint density at radius 2 is 1.15 bits per heavy atom. The molecule has 0 N–H and O–H groups in total. The normalized spacial score (nSPS) is 10.8. The minimum atomic E-state index is -0.491. The molecule has 0 amide bonds. The molecule has 188 valence electrons. The Bertz CT molecular complexity index is 626. The average Bonchev–Trinajstić information content (AvgIpc) is 2.81. The van der Waals surface area contributed by atoms with Gasteiger partial charge < -0.3 is 9.47 Å². The van der Waals surface area contributed by atoms with E-state index in [1.54, 1.807) is 25.1 Å². The summed E-state index contributed by atoms with van der Waals surface area (Å²) in [7, 11) is 0. The predicted molar refractivity (Wildman–Crippen MR) is 137 cm³/mol. The molecule has 4 heteroatoms. The first-order chi connectivity index (χ1) is 16.2. The number of benzene rings is 1. The van der Waals surface area contributed by atoms with Gasteiger partial charge in [-0.15, -0.1) is 0 Å². The van der Waals surface area contributed by atoms with E-state index in [1.165, 1.54) is 89.9 Å². The monoisotopic (exact) mass is 460 g/mol. The third-order valence-corrected chi connectivity index (χ3v) is 6.05. The van der Waals surface area contributed by atoms with Crippen LogP contribution in [-0.2, 0) is 9.53 Å². The van der Waals surface area contributed by atoms with Crippen molar-refractivity contribution in [3.63, 3.8) is 0 Å². The van der Waals surface area contributed by atoms with Crippen molar-refractivity contribution in [1.82, 2.24) is 0 Å². The molecule has 33 heavy (non-hydrogen) atoms. The molecule has 0 fully saturated rings. The molecule has 0 aliphatic carbocycles. The molecule has 0 saturated heterocycles. The van der Waals surface area contributed by atoms with E-state index in [9.17, 15) is 9.59 Å². The fourth-order valence-corrected chi connectivity index (χ4v) is 4.09. The first-order valence-corrected chi connectivity index (χ1v) is 13.6. The number of carbonyl (C=O) groups is 2. The van der Waals surface area contributed by atoms with Crippen LogP contribution in [0.1, 0.15) is 133 Å². The van der Waals surface area contributed by atoms with E-state index < -0.39 is 5.97 Å². The van der Waals surface area contributed by atoms with Crippen molar-refractivity contribution in [1.29, 1.82) is 0 Å². The van der Waals surface area contributed by atoms with Gasteiger partial charge in [-0.25, -0.2) is 0 Å². The van der Waals surface area contributed by atoms with E-state index in [4.69, 9.17) is 9.47 Å². The van der Waals surface area contributed by atoms with E-state index in [-0.39, 0.29) is 18.8 Å². The van der Waals surface area contributed by atoms with Crippen molar-refractivity contribution in [3.8, 4) is 5.75 Å². The molecule has 1 aromatic rings.